The van der Waals surface area contributed by atoms with Crippen LogP contribution in [0.1, 0.15) is 39.0 Å². The van der Waals surface area contributed by atoms with Crippen LogP contribution in [0.25, 0.3) is 0 Å². The number of carbonyl (C=O) groups excluding carboxylic acids is 2. The zero-order valence-corrected chi connectivity index (χ0v) is 12.6. The minimum atomic E-state index is -0.412. The van der Waals surface area contributed by atoms with Gasteiger partial charge >= 0.3 is 5.97 Å². The Morgan fingerprint density at radius 3 is 2.55 bits per heavy atom. The van der Waals surface area contributed by atoms with E-state index >= 15 is 0 Å². The van der Waals surface area contributed by atoms with E-state index in [0.717, 1.165) is 5.69 Å². The van der Waals surface area contributed by atoms with E-state index in [1.807, 2.05) is 18.4 Å². The van der Waals surface area contributed by atoms with E-state index in [1.54, 1.807) is 13.0 Å². The van der Waals surface area contributed by atoms with Crippen LogP contribution in [0, 0.1) is 13.8 Å². The standard InChI is InChI=1S/C15H22N2O3/c1-6-8-16-9-12(18)13-10(3)14(15(19)20-5)17(7-2)11(13)4/h6,16H,1,7-9H2,2-5H3. The fourth-order valence-corrected chi connectivity index (χ4v) is 2.44. The highest BCUT2D eigenvalue weighted by atomic mass is 16.5. The predicted molar refractivity (Wildman–Crippen MR) is 78.3 cm³/mol. The Balaban J connectivity index is 3.20. The lowest BCUT2D eigenvalue weighted by Crippen LogP contribution is -2.23. The lowest BCUT2D eigenvalue weighted by Gasteiger charge is -2.07. The van der Waals surface area contributed by atoms with Gasteiger partial charge in [0.15, 0.2) is 5.78 Å². The molecule has 1 heterocycles. The van der Waals surface area contributed by atoms with E-state index in [-0.39, 0.29) is 12.3 Å². The number of nitrogens with zero attached hydrogens (tertiary/aromatic N) is 1. The summed E-state index contributed by atoms with van der Waals surface area (Å²) >= 11 is 0. The monoisotopic (exact) mass is 278 g/mol. The van der Waals surface area contributed by atoms with E-state index in [1.165, 1.54) is 7.11 Å². The molecular formula is C15H22N2O3. The first-order valence-electron chi connectivity index (χ1n) is 6.62. The Morgan fingerprint density at radius 2 is 2.05 bits per heavy atom. The number of carbonyl (C=O) groups is 2. The highest BCUT2D eigenvalue weighted by Crippen LogP contribution is 2.23. The minimum absolute atomic E-state index is 0.0285. The molecule has 5 heteroatoms. The number of esters is 1. The first-order chi connectivity index (χ1) is 9.49. The summed E-state index contributed by atoms with van der Waals surface area (Å²) in [5.41, 5.74) is 2.54. The molecule has 0 aromatic carbocycles. The van der Waals surface area contributed by atoms with Crippen molar-refractivity contribution in [1.82, 2.24) is 9.88 Å². The summed E-state index contributed by atoms with van der Waals surface area (Å²) in [6.07, 6.45) is 1.70. The summed E-state index contributed by atoms with van der Waals surface area (Å²) in [6, 6.07) is 0. The van der Waals surface area contributed by atoms with Gasteiger partial charge in [-0.05, 0) is 26.3 Å². The molecule has 1 aromatic heterocycles. The molecule has 0 unspecified atom stereocenters. The van der Waals surface area contributed by atoms with Gasteiger partial charge in [0, 0.05) is 24.3 Å². The maximum Gasteiger partial charge on any atom is 0.354 e. The molecule has 0 saturated carbocycles. The lowest BCUT2D eigenvalue weighted by atomic mass is 10.1. The van der Waals surface area contributed by atoms with Crippen LogP contribution in [0.5, 0.6) is 0 Å². The van der Waals surface area contributed by atoms with Crippen molar-refractivity contribution < 1.29 is 14.3 Å². The van der Waals surface area contributed by atoms with E-state index in [4.69, 9.17) is 4.74 Å². The predicted octanol–water partition coefficient (Wildman–Crippen LogP) is 1.87. The summed E-state index contributed by atoms with van der Waals surface area (Å²) < 4.78 is 6.63. The summed E-state index contributed by atoms with van der Waals surface area (Å²) in [5, 5.41) is 2.98. The number of methoxy groups -OCH3 is 1. The molecule has 0 aliphatic heterocycles. The van der Waals surface area contributed by atoms with Gasteiger partial charge in [0.25, 0.3) is 0 Å². The molecule has 0 aliphatic carbocycles. The smallest absolute Gasteiger partial charge is 0.354 e. The average molecular weight is 278 g/mol. The number of nitrogens with one attached hydrogen (secondary N) is 1. The maximum atomic E-state index is 12.3. The third-order valence-corrected chi connectivity index (χ3v) is 3.31. The Bertz CT molecular complexity index is 530. The van der Waals surface area contributed by atoms with Crippen LogP contribution in [0.3, 0.4) is 0 Å². The quantitative estimate of drug-likeness (QED) is 0.358. The van der Waals surface area contributed by atoms with E-state index < -0.39 is 5.97 Å². The molecule has 20 heavy (non-hydrogen) atoms. The molecule has 1 aromatic rings. The van der Waals surface area contributed by atoms with Crippen LogP contribution in [0.15, 0.2) is 12.7 Å². The second kappa shape index (κ2) is 7.05. The maximum absolute atomic E-state index is 12.3. The van der Waals surface area contributed by atoms with Gasteiger partial charge in [0.1, 0.15) is 5.69 Å². The number of ketones is 1. The van der Waals surface area contributed by atoms with Crippen molar-refractivity contribution in [1.29, 1.82) is 0 Å². The van der Waals surface area contributed by atoms with Crippen LogP contribution in [-0.2, 0) is 11.3 Å². The van der Waals surface area contributed by atoms with Gasteiger partial charge in [-0.1, -0.05) is 6.08 Å². The van der Waals surface area contributed by atoms with Gasteiger partial charge in [0.2, 0.25) is 0 Å². The molecule has 0 atom stereocenters. The number of aromatic nitrogens is 1. The van der Waals surface area contributed by atoms with Crippen molar-refractivity contribution >= 4 is 11.8 Å². The van der Waals surface area contributed by atoms with Crippen LogP contribution in [0.2, 0.25) is 0 Å². The van der Waals surface area contributed by atoms with Crippen molar-refractivity contribution in [3.8, 4) is 0 Å². The topological polar surface area (TPSA) is 60.3 Å². The highest BCUT2D eigenvalue weighted by molar-refractivity contribution is 6.03. The second-order valence-electron chi connectivity index (χ2n) is 4.51. The van der Waals surface area contributed by atoms with Crippen LogP contribution < -0.4 is 5.32 Å². The second-order valence-corrected chi connectivity index (χ2v) is 4.51. The van der Waals surface area contributed by atoms with Crippen molar-refractivity contribution in [3.63, 3.8) is 0 Å². The average Bonchev–Trinajstić information content (AvgIpc) is 2.68. The molecule has 0 spiro atoms. The fraction of sp³-hybridized carbons (Fsp3) is 0.467. The van der Waals surface area contributed by atoms with Gasteiger partial charge in [-0.15, -0.1) is 6.58 Å². The fourth-order valence-electron chi connectivity index (χ4n) is 2.44. The minimum Gasteiger partial charge on any atom is -0.464 e. The van der Waals surface area contributed by atoms with E-state index in [0.29, 0.717) is 29.9 Å². The van der Waals surface area contributed by atoms with Gasteiger partial charge in [-0.3, -0.25) is 4.79 Å². The molecule has 0 amide bonds. The molecule has 0 aliphatic rings. The molecule has 0 fully saturated rings. The SMILES string of the molecule is C=CCNCC(=O)c1c(C)c(C(=O)OC)n(CC)c1C. The van der Waals surface area contributed by atoms with Gasteiger partial charge in [-0.25, -0.2) is 4.79 Å². The number of ether oxygens (including phenoxy) is 1. The Labute approximate surface area is 119 Å². The van der Waals surface area contributed by atoms with Gasteiger partial charge in [0.05, 0.1) is 13.7 Å². The first-order valence-corrected chi connectivity index (χ1v) is 6.62. The van der Waals surface area contributed by atoms with Crippen LogP contribution in [0.4, 0.5) is 0 Å². The third-order valence-electron chi connectivity index (χ3n) is 3.31. The Kier molecular flexibility index (Phi) is 5.70. The lowest BCUT2D eigenvalue weighted by molar-refractivity contribution is 0.0587. The number of hydrogen-bond acceptors (Lipinski definition) is 4. The zero-order chi connectivity index (χ0) is 15.3. The summed E-state index contributed by atoms with van der Waals surface area (Å²) in [7, 11) is 1.34. The molecular weight excluding hydrogens is 256 g/mol. The van der Waals surface area contributed by atoms with Crippen LogP contribution in [-0.4, -0.2) is 36.5 Å². The highest BCUT2D eigenvalue weighted by Gasteiger charge is 2.25. The normalized spacial score (nSPS) is 10.4. The molecule has 5 nitrogen and oxygen atoms in total. The summed E-state index contributed by atoms with van der Waals surface area (Å²) in [5.74, 6) is -0.440. The number of Topliss-reactive ketones (excluding diaryl/α,β-unsaturated/α-hetero) is 1. The third kappa shape index (κ3) is 2.99. The van der Waals surface area contributed by atoms with E-state index in [2.05, 4.69) is 11.9 Å². The largest absolute Gasteiger partial charge is 0.464 e. The molecule has 0 saturated heterocycles. The van der Waals surface area contributed by atoms with Crippen LogP contribution >= 0.6 is 0 Å². The number of rotatable bonds is 7. The van der Waals surface area contributed by atoms with E-state index in [9.17, 15) is 9.59 Å². The van der Waals surface area contributed by atoms with Crippen molar-refractivity contribution in [2.45, 2.75) is 27.3 Å². The first kappa shape index (κ1) is 16.2. The van der Waals surface area contributed by atoms with Crippen molar-refractivity contribution in [2.75, 3.05) is 20.2 Å². The van der Waals surface area contributed by atoms with Gasteiger partial charge in [-0.2, -0.15) is 0 Å². The van der Waals surface area contributed by atoms with Crippen molar-refractivity contribution in [3.05, 3.63) is 35.2 Å². The molecule has 110 valence electrons. The summed E-state index contributed by atoms with van der Waals surface area (Å²) in [4.78, 5) is 24.2. The Hall–Kier alpha value is -1.88. The Morgan fingerprint density at radius 1 is 1.40 bits per heavy atom. The molecule has 0 bridgehead atoms. The zero-order valence-electron chi connectivity index (χ0n) is 12.6. The number of hydrogen-bond donors (Lipinski definition) is 1. The molecule has 0 radical (unpaired) electrons. The van der Waals surface area contributed by atoms with Gasteiger partial charge < -0.3 is 14.6 Å². The van der Waals surface area contributed by atoms with Crippen molar-refractivity contribution in [2.24, 2.45) is 0 Å². The molecule has 1 rings (SSSR count). The molecule has 1 N–H and O–H groups in total. The summed E-state index contributed by atoms with van der Waals surface area (Å²) in [6.45, 7) is 10.6.